The van der Waals surface area contributed by atoms with Gasteiger partial charge in [0, 0.05) is 18.1 Å². The summed E-state index contributed by atoms with van der Waals surface area (Å²) >= 11 is 0. The maximum Gasteiger partial charge on any atom is 0.262 e. The second-order valence-corrected chi connectivity index (χ2v) is 9.01. The predicted molar refractivity (Wildman–Crippen MR) is 125 cm³/mol. The highest BCUT2D eigenvalue weighted by molar-refractivity contribution is 7.92. The van der Waals surface area contributed by atoms with Crippen LogP contribution < -0.4 is 10.5 Å². The van der Waals surface area contributed by atoms with Gasteiger partial charge in [0.1, 0.15) is 0 Å². The number of aliphatic imine (C=N–C) groups is 1. The van der Waals surface area contributed by atoms with Crippen molar-refractivity contribution in [3.8, 4) is 6.19 Å². The lowest BCUT2D eigenvalue weighted by Crippen LogP contribution is -2.32. The number of pyridine rings is 1. The molecule has 2 aromatic carbocycles. The summed E-state index contributed by atoms with van der Waals surface area (Å²) in [5.41, 5.74) is 10.1. The Kier molecular flexibility index (Phi) is 6.76. The van der Waals surface area contributed by atoms with Crippen molar-refractivity contribution in [1.29, 1.82) is 5.26 Å². The van der Waals surface area contributed by atoms with Crippen LogP contribution in [0.5, 0.6) is 0 Å². The number of hydrogen-bond donors (Lipinski definition) is 2. The lowest BCUT2D eigenvalue weighted by atomic mass is 10.1. The second-order valence-electron chi connectivity index (χ2n) is 7.39. The molecule has 3 rings (SSSR count). The Morgan fingerprint density at radius 2 is 1.69 bits per heavy atom. The van der Waals surface area contributed by atoms with Gasteiger partial charge in [-0.05, 0) is 61.7 Å². The molecule has 1 heterocycles. The molecule has 0 aliphatic rings. The maximum atomic E-state index is 12.9. The second kappa shape index (κ2) is 9.49. The molecule has 0 atom stereocenters. The highest BCUT2D eigenvalue weighted by atomic mass is 32.2. The van der Waals surface area contributed by atoms with Crippen molar-refractivity contribution in [1.82, 2.24) is 9.88 Å². The van der Waals surface area contributed by atoms with Crippen LogP contribution in [0.15, 0.2) is 70.8 Å². The molecule has 0 amide bonds. The largest absolute Gasteiger partial charge is 0.369 e. The first-order valence-corrected chi connectivity index (χ1v) is 11.3. The molecule has 0 spiro atoms. The van der Waals surface area contributed by atoms with Crippen LogP contribution in [0.3, 0.4) is 0 Å². The fourth-order valence-electron chi connectivity index (χ4n) is 3.44. The summed E-state index contributed by atoms with van der Waals surface area (Å²) in [5.74, 6) is 0.0498. The number of nitrogens with one attached hydrogen (secondary N) is 1. The van der Waals surface area contributed by atoms with Crippen molar-refractivity contribution in [2.24, 2.45) is 10.7 Å². The van der Waals surface area contributed by atoms with E-state index in [4.69, 9.17) is 5.73 Å². The number of anilines is 1. The third-order valence-corrected chi connectivity index (χ3v) is 6.41. The number of rotatable bonds is 6. The van der Waals surface area contributed by atoms with Gasteiger partial charge in [-0.3, -0.25) is 9.71 Å². The number of benzene rings is 2. The molecular weight excluding hydrogens is 424 g/mol. The number of nitriles is 1. The molecule has 0 saturated carbocycles. The summed E-state index contributed by atoms with van der Waals surface area (Å²) in [5, 5.41) is 9.45. The van der Waals surface area contributed by atoms with E-state index >= 15 is 0 Å². The lowest BCUT2D eigenvalue weighted by molar-refractivity contribution is 0.565. The van der Waals surface area contributed by atoms with Crippen molar-refractivity contribution in [2.75, 3.05) is 4.72 Å². The van der Waals surface area contributed by atoms with Gasteiger partial charge in [0.15, 0.2) is 6.19 Å². The van der Waals surface area contributed by atoms with Gasteiger partial charge in [0.25, 0.3) is 10.0 Å². The Labute approximate surface area is 188 Å². The van der Waals surface area contributed by atoms with E-state index in [2.05, 4.69) is 14.7 Å². The van der Waals surface area contributed by atoms with Crippen molar-refractivity contribution in [3.63, 3.8) is 0 Å². The normalized spacial score (nSPS) is 11.6. The highest BCUT2D eigenvalue weighted by Crippen LogP contribution is 2.24. The number of guanidine groups is 1. The minimum Gasteiger partial charge on any atom is -0.369 e. The van der Waals surface area contributed by atoms with Crippen LogP contribution in [-0.2, 0) is 16.6 Å². The molecule has 3 aromatic rings. The predicted octanol–water partition coefficient (Wildman–Crippen LogP) is 3.74. The Morgan fingerprint density at radius 3 is 2.25 bits per heavy atom. The summed E-state index contributed by atoms with van der Waals surface area (Å²) in [6, 6.07) is 13.8. The monoisotopic (exact) mass is 448 g/mol. The van der Waals surface area contributed by atoms with Gasteiger partial charge in [0.2, 0.25) is 5.96 Å². The van der Waals surface area contributed by atoms with Gasteiger partial charge in [-0.15, -0.1) is 0 Å². The minimum absolute atomic E-state index is 0.0498. The molecule has 8 nitrogen and oxygen atoms in total. The Hall–Kier alpha value is -3.90. The SMILES string of the molecule is Cc1cc(C)c(S(=O)(=O)Nc2ccc(CN(C#N)C(N)=Nc3ccncc3)cc2)c(C)c1. The van der Waals surface area contributed by atoms with E-state index in [-0.39, 0.29) is 17.4 Å². The van der Waals surface area contributed by atoms with Crippen LogP contribution in [0.25, 0.3) is 0 Å². The van der Waals surface area contributed by atoms with Crippen molar-refractivity contribution in [3.05, 3.63) is 83.2 Å². The topological polar surface area (TPSA) is 124 Å². The van der Waals surface area contributed by atoms with Gasteiger partial charge in [-0.1, -0.05) is 29.8 Å². The average molecular weight is 449 g/mol. The van der Waals surface area contributed by atoms with E-state index in [0.29, 0.717) is 22.5 Å². The van der Waals surface area contributed by atoms with Crippen LogP contribution in [0.1, 0.15) is 22.3 Å². The quantitative estimate of drug-likeness (QED) is 0.256. The van der Waals surface area contributed by atoms with Gasteiger partial charge in [0.05, 0.1) is 17.1 Å². The van der Waals surface area contributed by atoms with Gasteiger partial charge >= 0.3 is 0 Å². The highest BCUT2D eigenvalue weighted by Gasteiger charge is 2.20. The fourth-order valence-corrected chi connectivity index (χ4v) is 4.95. The average Bonchev–Trinajstić information content (AvgIpc) is 2.72. The van der Waals surface area contributed by atoms with Gasteiger partial charge in [-0.25, -0.2) is 18.3 Å². The molecule has 3 N–H and O–H groups in total. The van der Waals surface area contributed by atoms with Gasteiger partial charge < -0.3 is 5.73 Å². The zero-order valence-corrected chi connectivity index (χ0v) is 18.9. The van der Waals surface area contributed by atoms with Crippen molar-refractivity contribution < 1.29 is 8.42 Å². The fraction of sp³-hybridized carbons (Fsp3) is 0.174. The first kappa shape index (κ1) is 22.8. The van der Waals surface area contributed by atoms with E-state index in [9.17, 15) is 13.7 Å². The van der Waals surface area contributed by atoms with E-state index < -0.39 is 10.0 Å². The molecule has 1 aromatic heterocycles. The standard InChI is InChI=1S/C23H24N6O2S/c1-16-12-17(2)22(18(3)13-16)32(30,31)28-21-6-4-19(5-7-21)14-29(15-24)23(25)27-20-8-10-26-11-9-20/h4-13,28H,14H2,1-3H3,(H2,25,26,27). The summed E-state index contributed by atoms with van der Waals surface area (Å²) in [7, 11) is -3.74. The first-order valence-electron chi connectivity index (χ1n) is 9.80. The molecule has 0 saturated heterocycles. The van der Waals surface area contributed by atoms with Crippen molar-refractivity contribution in [2.45, 2.75) is 32.2 Å². The Morgan fingerprint density at radius 1 is 1.09 bits per heavy atom. The Balaban J connectivity index is 1.75. The first-order chi connectivity index (χ1) is 15.2. The van der Waals surface area contributed by atoms with Crippen molar-refractivity contribution >= 4 is 27.4 Å². The van der Waals surface area contributed by atoms with Crippen LogP contribution in [0.2, 0.25) is 0 Å². The molecule has 32 heavy (non-hydrogen) atoms. The zero-order chi connectivity index (χ0) is 23.3. The molecule has 0 unspecified atom stereocenters. The number of hydrogen-bond acceptors (Lipinski definition) is 5. The van der Waals surface area contributed by atoms with E-state index in [0.717, 1.165) is 11.1 Å². The number of nitrogens with two attached hydrogens (primary N) is 1. The molecule has 0 bridgehead atoms. The maximum absolute atomic E-state index is 12.9. The van der Waals surface area contributed by atoms with E-state index in [1.54, 1.807) is 62.6 Å². The molecule has 9 heteroatoms. The third-order valence-electron chi connectivity index (χ3n) is 4.72. The van der Waals surface area contributed by atoms with E-state index in [1.807, 2.05) is 25.2 Å². The smallest absolute Gasteiger partial charge is 0.262 e. The third kappa shape index (κ3) is 5.42. The van der Waals surface area contributed by atoms with Crippen LogP contribution >= 0.6 is 0 Å². The summed E-state index contributed by atoms with van der Waals surface area (Å²) in [6.45, 7) is 5.69. The minimum atomic E-state index is -3.74. The molecule has 0 aliphatic heterocycles. The number of nitrogens with zero attached hydrogens (tertiary/aromatic N) is 4. The number of sulfonamides is 1. The molecule has 164 valence electrons. The summed E-state index contributed by atoms with van der Waals surface area (Å²) in [4.78, 5) is 9.66. The summed E-state index contributed by atoms with van der Waals surface area (Å²) in [6.07, 6.45) is 5.18. The van der Waals surface area contributed by atoms with Gasteiger partial charge in [-0.2, -0.15) is 5.26 Å². The van der Waals surface area contributed by atoms with Crippen LogP contribution in [0.4, 0.5) is 11.4 Å². The molecule has 0 fully saturated rings. The summed E-state index contributed by atoms with van der Waals surface area (Å²) < 4.78 is 28.5. The molecule has 0 aliphatic carbocycles. The molecule has 0 radical (unpaired) electrons. The van der Waals surface area contributed by atoms with Crippen LogP contribution in [0, 0.1) is 32.2 Å². The van der Waals surface area contributed by atoms with E-state index in [1.165, 1.54) is 4.90 Å². The number of aryl methyl sites for hydroxylation is 3. The van der Waals surface area contributed by atoms with Crippen LogP contribution in [-0.4, -0.2) is 24.3 Å². The number of aromatic nitrogens is 1. The molecular formula is C23H24N6O2S. The zero-order valence-electron chi connectivity index (χ0n) is 18.1. The Bertz CT molecular complexity index is 1260. The lowest BCUT2D eigenvalue weighted by Gasteiger charge is -2.16.